The van der Waals surface area contributed by atoms with Crippen LogP contribution in [-0.4, -0.2) is 4.57 Å². The lowest BCUT2D eigenvalue weighted by Gasteiger charge is -2.52. The van der Waals surface area contributed by atoms with E-state index in [-0.39, 0.29) is 0 Å². The molecule has 1 aromatic heterocycles. The summed E-state index contributed by atoms with van der Waals surface area (Å²) in [4.78, 5) is 2.58. The van der Waals surface area contributed by atoms with Crippen LogP contribution in [0.4, 0.5) is 17.1 Å². The third kappa shape index (κ3) is 5.20. The number of anilines is 3. The zero-order chi connectivity index (χ0) is 41.9. The van der Waals surface area contributed by atoms with Crippen molar-refractivity contribution in [2.45, 2.75) is 31.1 Å². The van der Waals surface area contributed by atoms with Crippen molar-refractivity contribution in [2.24, 2.45) is 29.6 Å². The number of hydrogen-bond donors (Lipinski definition) is 0. The molecule has 2 heteroatoms. The van der Waals surface area contributed by atoms with Crippen LogP contribution in [0.25, 0.3) is 71.6 Å². The zero-order valence-corrected chi connectivity index (χ0v) is 35.8. The summed E-state index contributed by atoms with van der Waals surface area (Å²) in [6, 6.07) is 79.2. The quantitative estimate of drug-likeness (QED) is 0.148. The van der Waals surface area contributed by atoms with E-state index >= 15 is 0 Å². The third-order valence-corrected chi connectivity index (χ3v) is 16.4. The predicted octanol–water partition coefficient (Wildman–Crippen LogP) is 16.3. The standard InChI is InChI=1S/C62H48N2/c1-2-14-40(15-3-1)49-17-6-7-18-50(49)42-26-31-47(32-27-42)63(58-25-13-10-22-55(58)62-38-45-36-44-37-46(39-62)60(62)59(44)45)48-33-28-43(29-34-48)51-19-8-11-23-56(51)64-57-24-12-9-21-53(57)54-35-30-41-16-4-5-20-52(41)61(54)64/h1-35,44-46,59-60H,36-39H2/t44-,45?,46?,59-,60?,62+/m0/s1. The Kier molecular flexibility index (Phi) is 7.90. The highest BCUT2D eigenvalue weighted by molar-refractivity contribution is 6.19. The lowest BCUT2D eigenvalue weighted by Crippen LogP contribution is -2.47. The normalized spacial score (nSPS) is 22.7. The molecule has 4 aliphatic carbocycles. The molecule has 0 radical (unpaired) electrons. The van der Waals surface area contributed by atoms with E-state index in [1.165, 1.54) is 114 Å². The van der Waals surface area contributed by atoms with Gasteiger partial charge in [-0.1, -0.05) is 170 Å². The summed E-state index contributed by atoms with van der Waals surface area (Å²) in [5, 5.41) is 5.08. The average molecular weight is 821 g/mol. The van der Waals surface area contributed by atoms with E-state index in [1.54, 1.807) is 5.56 Å². The van der Waals surface area contributed by atoms with Gasteiger partial charge in [0.2, 0.25) is 0 Å². The van der Waals surface area contributed by atoms with Crippen molar-refractivity contribution in [2.75, 3.05) is 4.90 Å². The van der Waals surface area contributed by atoms with Crippen molar-refractivity contribution in [1.29, 1.82) is 0 Å². The number of benzene rings is 9. The molecular weight excluding hydrogens is 773 g/mol. The number of rotatable bonds is 8. The van der Waals surface area contributed by atoms with E-state index in [0.29, 0.717) is 5.41 Å². The fraction of sp³-hybridized carbons (Fsp3) is 0.161. The Morgan fingerprint density at radius 3 is 1.78 bits per heavy atom. The molecule has 0 amide bonds. The average Bonchev–Trinajstić information content (AvgIpc) is 3.88. The molecule has 14 rings (SSSR count). The lowest BCUT2D eigenvalue weighted by molar-refractivity contribution is 0.0688. The van der Waals surface area contributed by atoms with Crippen LogP contribution in [0.15, 0.2) is 212 Å². The van der Waals surface area contributed by atoms with Crippen molar-refractivity contribution < 1.29 is 0 Å². The summed E-state index contributed by atoms with van der Waals surface area (Å²) in [6.45, 7) is 0. The fourth-order valence-electron chi connectivity index (χ4n) is 14.0. The number of fused-ring (bicyclic) bond motifs is 5. The maximum Gasteiger partial charge on any atom is 0.0619 e. The van der Waals surface area contributed by atoms with Crippen LogP contribution in [0.5, 0.6) is 0 Å². The van der Waals surface area contributed by atoms with Gasteiger partial charge >= 0.3 is 0 Å². The largest absolute Gasteiger partial charge is 0.310 e. The van der Waals surface area contributed by atoms with Crippen LogP contribution < -0.4 is 4.90 Å². The van der Waals surface area contributed by atoms with Gasteiger partial charge in [0.15, 0.2) is 0 Å². The van der Waals surface area contributed by atoms with Gasteiger partial charge in [-0.3, -0.25) is 0 Å². The first kappa shape index (κ1) is 36.3. The van der Waals surface area contributed by atoms with E-state index in [2.05, 4.69) is 222 Å². The molecule has 0 spiro atoms. The molecule has 6 atom stereocenters. The molecule has 3 unspecified atom stereocenters. The topological polar surface area (TPSA) is 8.17 Å². The molecule has 4 aliphatic rings. The molecule has 0 bridgehead atoms. The van der Waals surface area contributed by atoms with Crippen molar-refractivity contribution in [1.82, 2.24) is 4.57 Å². The highest BCUT2D eigenvalue weighted by Crippen LogP contribution is 2.79. The maximum absolute atomic E-state index is 2.58. The van der Waals surface area contributed by atoms with Gasteiger partial charge in [-0.2, -0.15) is 0 Å². The molecule has 2 nitrogen and oxygen atoms in total. The summed E-state index contributed by atoms with van der Waals surface area (Å²) in [6.07, 6.45) is 5.66. The van der Waals surface area contributed by atoms with Crippen molar-refractivity contribution >= 4 is 49.6 Å². The second-order valence-electron chi connectivity index (χ2n) is 19.3. The summed E-state index contributed by atoms with van der Waals surface area (Å²) >= 11 is 0. The SMILES string of the molecule is c1ccc(-c2ccccc2-c2ccc(N(c3ccc(-c4ccccc4-n4c5ccccc5c5ccc6ccccc6c54)cc3)c3ccccc3[C@]34CC5C[C@@H]6CC(C3)[C@H]6C54)cc2)cc1. The van der Waals surface area contributed by atoms with E-state index in [9.17, 15) is 0 Å². The van der Waals surface area contributed by atoms with Crippen LogP contribution in [0.2, 0.25) is 0 Å². The van der Waals surface area contributed by atoms with Crippen LogP contribution >= 0.6 is 0 Å². The predicted molar refractivity (Wildman–Crippen MR) is 267 cm³/mol. The summed E-state index contributed by atoms with van der Waals surface area (Å²) in [5.74, 6) is 4.62. The Morgan fingerprint density at radius 2 is 1.00 bits per heavy atom. The molecule has 9 aromatic carbocycles. The van der Waals surface area contributed by atoms with Crippen LogP contribution in [0.3, 0.4) is 0 Å². The first-order valence-corrected chi connectivity index (χ1v) is 23.5. The molecule has 10 aromatic rings. The van der Waals surface area contributed by atoms with E-state index in [1.807, 2.05) is 0 Å². The van der Waals surface area contributed by atoms with Crippen molar-refractivity contribution in [3.63, 3.8) is 0 Å². The fourth-order valence-corrected chi connectivity index (χ4v) is 14.0. The van der Waals surface area contributed by atoms with E-state index < -0.39 is 0 Å². The van der Waals surface area contributed by atoms with Gasteiger partial charge < -0.3 is 9.47 Å². The second kappa shape index (κ2) is 13.9. The van der Waals surface area contributed by atoms with Crippen molar-refractivity contribution in [3.8, 4) is 39.1 Å². The van der Waals surface area contributed by atoms with Gasteiger partial charge in [-0.05, 0) is 137 Å². The van der Waals surface area contributed by atoms with E-state index in [0.717, 1.165) is 29.6 Å². The summed E-state index contributed by atoms with van der Waals surface area (Å²) in [7, 11) is 0. The highest BCUT2D eigenvalue weighted by Gasteiger charge is 2.73. The molecule has 0 N–H and O–H groups in total. The minimum Gasteiger partial charge on any atom is -0.310 e. The van der Waals surface area contributed by atoms with Gasteiger partial charge in [0.05, 0.1) is 16.7 Å². The number of hydrogen-bond acceptors (Lipinski definition) is 1. The first-order valence-electron chi connectivity index (χ1n) is 23.5. The number of aromatic nitrogens is 1. The monoisotopic (exact) mass is 820 g/mol. The van der Waals surface area contributed by atoms with Crippen molar-refractivity contribution in [3.05, 3.63) is 218 Å². The molecule has 4 fully saturated rings. The van der Waals surface area contributed by atoms with Gasteiger partial charge in [0, 0.05) is 44.2 Å². The van der Waals surface area contributed by atoms with Gasteiger partial charge in [0.25, 0.3) is 0 Å². The first-order chi connectivity index (χ1) is 31.7. The highest BCUT2D eigenvalue weighted by atomic mass is 15.1. The molecule has 0 aliphatic heterocycles. The molecular formula is C62H48N2. The third-order valence-electron chi connectivity index (χ3n) is 16.4. The van der Waals surface area contributed by atoms with Crippen LogP contribution in [0, 0.1) is 29.6 Å². The molecule has 0 saturated heterocycles. The minimum absolute atomic E-state index is 0.292. The smallest absolute Gasteiger partial charge is 0.0619 e. The van der Waals surface area contributed by atoms with Crippen LogP contribution in [-0.2, 0) is 5.41 Å². The van der Waals surface area contributed by atoms with Crippen LogP contribution in [0.1, 0.15) is 31.2 Å². The number of para-hydroxylation sites is 3. The lowest BCUT2D eigenvalue weighted by atomic mass is 9.53. The summed E-state index contributed by atoms with van der Waals surface area (Å²) in [5.41, 5.74) is 16.6. The van der Waals surface area contributed by atoms with E-state index in [4.69, 9.17) is 0 Å². The number of nitrogens with zero attached hydrogens (tertiary/aromatic N) is 2. The summed E-state index contributed by atoms with van der Waals surface area (Å²) < 4.78 is 2.50. The second-order valence-corrected chi connectivity index (χ2v) is 19.3. The molecule has 1 heterocycles. The Morgan fingerprint density at radius 1 is 0.422 bits per heavy atom. The van der Waals surface area contributed by atoms with Gasteiger partial charge in [0.1, 0.15) is 0 Å². The minimum atomic E-state index is 0.292. The Labute approximate surface area is 375 Å². The molecule has 64 heavy (non-hydrogen) atoms. The van der Waals surface area contributed by atoms with Gasteiger partial charge in [-0.15, -0.1) is 0 Å². The Hall–Kier alpha value is -7.16. The Bertz CT molecular complexity index is 3430. The zero-order valence-electron chi connectivity index (χ0n) is 35.8. The maximum atomic E-state index is 2.58. The molecule has 4 saturated carbocycles. The van der Waals surface area contributed by atoms with Gasteiger partial charge in [-0.25, -0.2) is 0 Å². The Balaban J connectivity index is 0.908. The molecule has 306 valence electrons.